The van der Waals surface area contributed by atoms with Crippen molar-refractivity contribution in [1.29, 1.82) is 0 Å². The number of benzene rings is 1. The maximum Gasteiger partial charge on any atom is 0.181 e. The summed E-state index contributed by atoms with van der Waals surface area (Å²) < 4.78 is 7.36. The lowest BCUT2D eigenvalue weighted by Crippen LogP contribution is -2.08. The molecule has 1 heterocycles. The predicted molar refractivity (Wildman–Crippen MR) is 64.2 cm³/mol. The van der Waals surface area contributed by atoms with Crippen LogP contribution >= 0.6 is 0 Å². The Morgan fingerprint density at radius 2 is 2.00 bits per heavy atom. The fourth-order valence-corrected chi connectivity index (χ4v) is 1.58. The second-order valence-electron chi connectivity index (χ2n) is 3.89. The van der Waals surface area contributed by atoms with Crippen LogP contribution in [0.1, 0.15) is 21.7 Å². The van der Waals surface area contributed by atoms with Crippen molar-refractivity contribution in [2.24, 2.45) is 0 Å². The summed E-state index contributed by atoms with van der Waals surface area (Å²) in [5, 5.41) is 4.29. The highest BCUT2D eigenvalue weighted by Gasteiger charge is 2.01. The fraction of sp³-hybridized carbons (Fsp3) is 0.231. The third-order valence-corrected chi connectivity index (χ3v) is 2.47. The van der Waals surface area contributed by atoms with Crippen LogP contribution in [0.25, 0.3) is 0 Å². The molecule has 0 fully saturated rings. The number of aryl methyl sites for hydroxylation is 2. The second-order valence-corrected chi connectivity index (χ2v) is 3.89. The summed E-state index contributed by atoms with van der Waals surface area (Å²) in [6, 6.07) is 9.00. The average molecular weight is 230 g/mol. The Hall–Kier alpha value is -2.10. The number of ether oxygens (including phenoxy) is 1. The van der Waals surface area contributed by atoms with E-state index in [9.17, 15) is 4.79 Å². The molecule has 0 aliphatic heterocycles. The first-order valence-corrected chi connectivity index (χ1v) is 5.38. The number of carbonyl (C=O) groups is 1. The molecule has 0 N–H and O–H groups in total. The van der Waals surface area contributed by atoms with Crippen LogP contribution in [-0.2, 0) is 6.73 Å². The zero-order valence-corrected chi connectivity index (χ0v) is 9.88. The van der Waals surface area contributed by atoms with Crippen LogP contribution in [0.3, 0.4) is 0 Å². The molecule has 88 valence electrons. The summed E-state index contributed by atoms with van der Waals surface area (Å²) in [6.07, 6.45) is 0.810. The minimum atomic E-state index is 0.375. The molecular weight excluding hydrogens is 216 g/mol. The molecule has 0 spiro atoms. The number of hydrogen-bond donors (Lipinski definition) is 0. The zero-order valence-electron chi connectivity index (χ0n) is 9.88. The molecule has 17 heavy (non-hydrogen) atoms. The van der Waals surface area contributed by atoms with Crippen molar-refractivity contribution in [2.45, 2.75) is 20.6 Å². The van der Waals surface area contributed by atoms with Crippen molar-refractivity contribution in [1.82, 2.24) is 9.78 Å². The summed E-state index contributed by atoms with van der Waals surface area (Å²) in [7, 11) is 0. The van der Waals surface area contributed by atoms with Crippen molar-refractivity contribution in [3.63, 3.8) is 0 Å². The molecule has 0 unspecified atom stereocenters. The monoisotopic (exact) mass is 230 g/mol. The topological polar surface area (TPSA) is 44.1 Å². The zero-order chi connectivity index (χ0) is 12.3. The highest BCUT2D eigenvalue weighted by molar-refractivity contribution is 5.74. The number of aromatic nitrogens is 2. The molecule has 0 amide bonds. The highest BCUT2D eigenvalue weighted by atomic mass is 16.5. The normalized spacial score (nSPS) is 10.2. The molecule has 2 rings (SSSR count). The van der Waals surface area contributed by atoms with Crippen LogP contribution in [0.2, 0.25) is 0 Å². The maximum atomic E-state index is 10.5. The quantitative estimate of drug-likeness (QED) is 0.757. The molecule has 0 aliphatic carbocycles. The maximum absolute atomic E-state index is 10.5. The molecule has 4 nitrogen and oxygen atoms in total. The summed E-state index contributed by atoms with van der Waals surface area (Å²) in [5.41, 5.74) is 2.68. The first-order chi connectivity index (χ1) is 8.19. The van der Waals surface area contributed by atoms with E-state index in [0.717, 1.165) is 23.4 Å². The highest BCUT2D eigenvalue weighted by Crippen LogP contribution is 2.12. The predicted octanol–water partition coefficient (Wildman–Crippen LogP) is 2.35. The standard InChI is InChI=1S/C13H14N2O2/c1-10-7-11(2)15(14-10)9-17-13-5-3-12(8-16)4-6-13/h3-8H,9H2,1-2H3. The summed E-state index contributed by atoms with van der Waals surface area (Å²) in [5.74, 6) is 0.725. The van der Waals surface area contributed by atoms with Gasteiger partial charge in [-0.05, 0) is 44.2 Å². The third-order valence-electron chi connectivity index (χ3n) is 2.47. The fourth-order valence-electron chi connectivity index (χ4n) is 1.58. The van der Waals surface area contributed by atoms with E-state index in [2.05, 4.69) is 5.10 Å². The van der Waals surface area contributed by atoms with Crippen LogP contribution in [-0.4, -0.2) is 16.1 Å². The summed E-state index contributed by atoms with van der Waals surface area (Å²) in [6.45, 7) is 4.31. The van der Waals surface area contributed by atoms with E-state index in [1.807, 2.05) is 19.9 Å². The van der Waals surface area contributed by atoms with Crippen molar-refractivity contribution in [3.8, 4) is 5.75 Å². The minimum Gasteiger partial charge on any atom is -0.471 e. The van der Waals surface area contributed by atoms with Gasteiger partial charge in [0.25, 0.3) is 0 Å². The Bertz CT molecular complexity index is 515. The van der Waals surface area contributed by atoms with Crippen LogP contribution in [0.5, 0.6) is 5.75 Å². The Morgan fingerprint density at radius 1 is 1.29 bits per heavy atom. The molecule has 1 aromatic heterocycles. The Kier molecular flexibility index (Phi) is 3.23. The van der Waals surface area contributed by atoms with Gasteiger partial charge in [-0.2, -0.15) is 5.10 Å². The van der Waals surface area contributed by atoms with Crippen LogP contribution < -0.4 is 4.74 Å². The van der Waals surface area contributed by atoms with Crippen molar-refractivity contribution in [2.75, 3.05) is 0 Å². The lowest BCUT2D eigenvalue weighted by Gasteiger charge is -2.07. The first-order valence-electron chi connectivity index (χ1n) is 5.38. The number of rotatable bonds is 4. The van der Waals surface area contributed by atoms with Gasteiger partial charge in [0.15, 0.2) is 6.73 Å². The Labute approximate surface area is 99.8 Å². The molecule has 1 aromatic carbocycles. The van der Waals surface area contributed by atoms with Gasteiger partial charge in [0.05, 0.1) is 5.69 Å². The number of carbonyl (C=O) groups excluding carboxylic acids is 1. The Morgan fingerprint density at radius 3 is 2.53 bits per heavy atom. The van der Waals surface area contributed by atoms with Gasteiger partial charge in [0.2, 0.25) is 0 Å². The summed E-state index contributed by atoms with van der Waals surface area (Å²) in [4.78, 5) is 10.5. The lowest BCUT2D eigenvalue weighted by molar-refractivity contribution is 0.112. The molecule has 0 atom stereocenters. The largest absolute Gasteiger partial charge is 0.471 e. The van der Waals surface area contributed by atoms with E-state index in [-0.39, 0.29) is 0 Å². The number of hydrogen-bond acceptors (Lipinski definition) is 3. The third kappa shape index (κ3) is 2.72. The first kappa shape index (κ1) is 11.4. The molecule has 0 aliphatic rings. The van der Waals surface area contributed by atoms with Gasteiger partial charge < -0.3 is 4.74 Å². The molecule has 0 radical (unpaired) electrons. The van der Waals surface area contributed by atoms with Gasteiger partial charge >= 0.3 is 0 Å². The smallest absolute Gasteiger partial charge is 0.181 e. The van der Waals surface area contributed by atoms with Crippen LogP contribution in [0.15, 0.2) is 30.3 Å². The SMILES string of the molecule is Cc1cc(C)n(COc2ccc(C=O)cc2)n1. The van der Waals surface area contributed by atoms with Gasteiger partial charge in [0, 0.05) is 11.3 Å². The van der Waals surface area contributed by atoms with Crippen molar-refractivity contribution < 1.29 is 9.53 Å². The van der Waals surface area contributed by atoms with Gasteiger partial charge in [-0.15, -0.1) is 0 Å². The van der Waals surface area contributed by atoms with Gasteiger partial charge in [-0.3, -0.25) is 4.79 Å². The van der Waals surface area contributed by atoms with E-state index in [0.29, 0.717) is 12.3 Å². The van der Waals surface area contributed by atoms with Gasteiger partial charge in [0.1, 0.15) is 12.0 Å². The molecule has 0 saturated carbocycles. The molecule has 0 saturated heterocycles. The van der Waals surface area contributed by atoms with Crippen molar-refractivity contribution in [3.05, 3.63) is 47.3 Å². The van der Waals surface area contributed by atoms with E-state index in [1.165, 1.54) is 0 Å². The molecular formula is C13H14N2O2. The molecule has 0 bridgehead atoms. The Balaban J connectivity index is 2.02. The molecule has 4 heteroatoms. The van der Waals surface area contributed by atoms with Crippen molar-refractivity contribution >= 4 is 6.29 Å². The summed E-state index contributed by atoms with van der Waals surface area (Å²) >= 11 is 0. The molecule has 2 aromatic rings. The van der Waals surface area contributed by atoms with E-state index < -0.39 is 0 Å². The van der Waals surface area contributed by atoms with Gasteiger partial charge in [-0.1, -0.05) is 0 Å². The number of aldehydes is 1. The van der Waals surface area contributed by atoms with E-state index in [4.69, 9.17) is 4.74 Å². The van der Waals surface area contributed by atoms with Crippen LogP contribution in [0.4, 0.5) is 0 Å². The average Bonchev–Trinajstić information content (AvgIpc) is 2.66. The van der Waals surface area contributed by atoms with Gasteiger partial charge in [-0.25, -0.2) is 4.68 Å². The second kappa shape index (κ2) is 4.82. The lowest BCUT2D eigenvalue weighted by atomic mass is 10.2. The van der Waals surface area contributed by atoms with E-state index >= 15 is 0 Å². The van der Waals surface area contributed by atoms with E-state index in [1.54, 1.807) is 28.9 Å². The van der Waals surface area contributed by atoms with Crippen LogP contribution in [0, 0.1) is 13.8 Å². The number of nitrogens with zero attached hydrogens (tertiary/aromatic N) is 2. The minimum absolute atomic E-state index is 0.375.